The second-order valence-electron chi connectivity index (χ2n) is 7.61. The van der Waals surface area contributed by atoms with E-state index in [0.717, 1.165) is 42.6 Å². The van der Waals surface area contributed by atoms with Crippen molar-refractivity contribution in [3.05, 3.63) is 46.3 Å². The number of ether oxygens (including phenoxy) is 2. The topological polar surface area (TPSA) is 70.4 Å². The molecule has 6 nitrogen and oxygen atoms in total. The fraction of sp³-hybridized carbons (Fsp3) is 0.409. The smallest absolute Gasteiger partial charge is 0.326 e. The van der Waals surface area contributed by atoms with Gasteiger partial charge in [0, 0.05) is 10.9 Å². The summed E-state index contributed by atoms with van der Waals surface area (Å²) in [4.78, 5) is 30.5. The van der Waals surface area contributed by atoms with E-state index in [9.17, 15) is 9.59 Å². The largest absolute Gasteiger partial charge is 0.497 e. The van der Waals surface area contributed by atoms with E-state index in [1.165, 1.54) is 22.2 Å². The monoisotopic (exact) mass is 412 g/mol. The average molecular weight is 413 g/mol. The molecule has 0 spiro atoms. The number of esters is 1. The summed E-state index contributed by atoms with van der Waals surface area (Å²) in [5.41, 5.74) is 1.50. The Balaban J connectivity index is 1.57. The van der Waals surface area contributed by atoms with Crippen LogP contribution in [0.3, 0.4) is 0 Å². The van der Waals surface area contributed by atoms with E-state index < -0.39 is 0 Å². The minimum absolute atomic E-state index is 0.0397. The van der Waals surface area contributed by atoms with Crippen LogP contribution in [0.1, 0.15) is 32.6 Å². The van der Waals surface area contributed by atoms with Crippen molar-refractivity contribution in [1.82, 2.24) is 9.55 Å². The van der Waals surface area contributed by atoms with E-state index in [1.807, 2.05) is 29.6 Å². The first kappa shape index (κ1) is 19.6. The van der Waals surface area contributed by atoms with Gasteiger partial charge in [0.25, 0.3) is 5.56 Å². The van der Waals surface area contributed by atoms with Gasteiger partial charge in [-0.25, -0.2) is 4.98 Å². The van der Waals surface area contributed by atoms with Crippen molar-refractivity contribution in [3.63, 3.8) is 0 Å². The van der Waals surface area contributed by atoms with Crippen LogP contribution >= 0.6 is 11.3 Å². The van der Waals surface area contributed by atoms with E-state index >= 15 is 0 Å². The highest BCUT2D eigenvalue weighted by atomic mass is 32.1. The van der Waals surface area contributed by atoms with Crippen molar-refractivity contribution in [1.29, 1.82) is 0 Å². The summed E-state index contributed by atoms with van der Waals surface area (Å²) in [6.45, 7) is 2.10. The van der Waals surface area contributed by atoms with E-state index in [0.29, 0.717) is 16.1 Å². The number of nitrogens with zero attached hydrogens (tertiary/aromatic N) is 2. The minimum atomic E-state index is -0.381. The van der Waals surface area contributed by atoms with E-state index in [4.69, 9.17) is 9.47 Å². The summed E-state index contributed by atoms with van der Waals surface area (Å²) in [6, 6.07) is 7.54. The molecular formula is C22H24N2O4S. The molecule has 0 unspecified atom stereocenters. The highest BCUT2D eigenvalue weighted by Gasteiger charge is 2.22. The molecule has 1 aliphatic carbocycles. The van der Waals surface area contributed by atoms with Gasteiger partial charge in [0.2, 0.25) is 0 Å². The van der Waals surface area contributed by atoms with Crippen molar-refractivity contribution in [2.45, 2.75) is 45.3 Å². The van der Waals surface area contributed by atoms with E-state index in [1.54, 1.807) is 7.11 Å². The average Bonchev–Trinajstić information content (AvgIpc) is 3.17. The van der Waals surface area contributed by atoms with Crippen LogP contribution in [0.5, 0.6) is 5.75 Å². The van der Waals surface area contributed by atoms with E-state index in [2.05, 4.69) is 11.9 Å². The fourth-order valence-electron chi connectivity index (χ4n) is 3.77. The lowest BCUT2D eigenvalue weighted by Gasteiger charge is -2.26. The highest BCUT2D eigenvalue weighted by molar-refractivity contribution is 7.17. The van der Waals surface area contributed by atoms with Crippen LogP contribution in [-0.2, 0) is 16.1 Å². The maximum Gasteiger partial charge on any atom is 0.326 e. The molecule has 0 atom stereocenters. The molecule has 1 aromatic carbocycles. The number of methoxy groups -OCH3 is 1. The minimum Gasteiger partial charge on any atom is -0.497 e. The molecule has 3 aromatic rings. The van der Waals surface area contributed by atoms with Gasteiger partial charge in [0.15, 0.2) is 0 Å². The first-order valence-electron chi connectivity index (χ1n) is 9.85. The van der Waals surface area contributed by atoms with Gasteiger partial charge in [0.1, 0.15) is 23.2 Å². The van der Waals surface area contributed by atoms with Gasteiger partial charge in [-0.05, 0) is 49.3 Å². The molecule has 0 bridgehead atoms. The number of aromatic nitrogens is 2. The lowest BCUT2D eigenvalue weighted by molar-refractivity contribution is -0.151. The van der Waals surface area contributed by atoms with Crippen molar-refractivity contribution in [3.8, 4) is 16.9 Å². The number of carbonyl (C=O) groups is 1. The van der Waals surface area contributed by atoms with Gasteiger partial charge >= 0.3 is 5.97 Å². The van der Waals surface area contributed by atoms with Crippen LogP contribution in [0, 0.1) is 5.92 Å². The van der Waals surface area contributed by atoms with Gasteiger partial charge in [-0.1, -0.05) is 19.1 Å². The molecule has 2 heterocycles. The predicted octanol–water partition coefficient (Wildman–Crippen LogP) is 4.26. The molecule has 152 valence electrons. The second kappa shape index (κ2) is 8.37. The normalized spacial score (nSPS) is 19.2. The molecule has 1 fully saturated rings. The zero-order valence-electron chi connectivity index (χ0n) is 16.6. The molecule has 0 N–H and O–H groups in total. The lowest BCUT2D eigenvalue weighted by Crippen LogP contribution is -2.29. The molecule has 0 aliphatic heterocycles. The molecule has 4 rings (SSSR count). The molecule has 7 heteroatoms. The van der Waals surface area contributed by atoms with Crippen molar-refractivity contribution < 1.29 is 14.3 Å². The maximum atomic E-state index is 13.1. The number of hydrogen-bond donors (Lipinski definition) is 0. The Kier molecular flexibility index (Phi) is 5.67. The molecular weight excluding hydrogens is 388 g/mol. The first-order valence-corrected chi connectivity index (χ1v) is 10.7. The summed E-state index contributed by atoms with van der Waals surface area (Å²) in [5.74, 6) is 1.06. The fourth-order valence-corrected chi connectivity index (χ4v) is 4.68. The molecule has 1 saturated carbocycles. The Morgan fingerprint density at radius 3 is 2.62 bits per heavy atom. The Morgan fingerprint density at radius 2 is 1.93 bits per heavy atom. The predicted molar refractivity (Wildman–Crippen MR) is 113 cm³/mol. The molecule has 0 amide bonds. The van der Waals surface area contributed by atoms with Crippen molar-refractivity contribution in [2.24, 2.45) is 5.92 Å². The molecule has 0 radical (unpaired) electrons. The number of carbonyl (C=O) groups excluding carboxylic acids is 1. The third-order valence-corrected chi connectivity index (χ3v) is 6.41. The van der Waals surface area contributed by atoms with Crippen LogP contribution < -0.4 is 10.3 Å². The number of thiophene rings is 1. The Hall–Kier alpha value is -2.67. The van der Waals surface area contributed by atoms with Crippen LogP contribution in [0.25, 0.3) is 21.3 Å². The second-order valence-corrected chi connectivity index (χ2v) is 8.47. The van der Waals surface area contributed by atoms with E-state index in [-0.39, 0.29) is 24.2 Å². The molecule has 2 aromatic heterocycles. The van der Waals surface area contributed by atoms with Crippen LogP contribution in [0.4, 0.5) is 0 Å². The number of benzene rings is 1. The SMILES string of the molecule is COc1ccc(-c2csc3ncn(CC(=O)OC4CCC(C)CC4)c(=O)c23)cc1. The molecule has 29 heavy (non-hydrogen) atoms. The summed E-state index contributed by atoms with van der Waals surface area (Å²) in [7, 11) is 1.62. The zero-order valence-corrected chi connectivity index (χ0v) is 17.4. The van der Waals surface area contributed by atoms with Gasteiger partial charge in [-0.3, -0.25) is 14.2 Å². The third kappa shape index (κ3) is 4.19. The third-order valence-electron chi connectivity index (χ3n) is 5.52. The van der Waals surface area contributed by atoms with Crippen molar-refractivity contribution >= 4 is 27.5 Å². The highest BCUT2D eigenvalue weighted by Crippen LogP contribution is 2.31. The summed E-state index contributed by atoms with van der Waals surface area (Å²) >= 11 is 1.42. The summed E-state index contributed by atoms with van der Waals surface area (Å²) < 4.78 is 12.1. The first-order chi connectivity index (χ1) is 14.0. The van der Waals surface area contributed by atoms with Gasteiger partial charge in [0.05, 0.1) is 18.8 Å². The number of hydrogen-bond acceptors (Lipinski definition) is 6. The Labute approximate surface area is 173 Å². The summed E-state index contributed by atoms with van der Waals surface area (Å²) in [5, 5.41) is 2.45. The van der Waals surface area contributed by atoms with Crippen LogP contribution in [0.15, 0.2) is 40.8 Å². The quantitative estimate of drug-likeness (QED) is 0.586. The maximum absolute atomic E-state index is 13.1. The van der Waals surface area contributed by atoms with Gasteiger partial charge in [-0.15, -0.1) is 11.3 Å². The molecule has 1 aliphatic rings. The summed E-state index contributed by atoms with van der Waals surface area (Å²) in [6.07, 6.45) is 5.33. The van der Waals surface area contributed by atoms with Gasteiger partial charge in [-0.2, -0.15) is 0 Å². The number of rotatable bonds is 5. The van der Waals surface area contributed by atoms with Crippen LogP contribution in [-0.4, -0.2) is 28.7 Å². The zero-order chi connectivity index (χ0) is 20.4. The van der Waals surface area contributed by atoms with Crippen molar-refractivity contribution in [2.75, 3.05) is 7.11 Å². The standard InChI is InChI=1S/C22H24N2O4S/c1-14-3-7-17(8-4-14)28-19(25)11-24-13-23-21-20(22(24)26)18(12-29-21)15-5-9-16(27-2)10-6-15/h5-6,9-10,12-14,17H,3-4,7-8,11H2,1-2H3. The lowest BCUT2D eigenvalue weighted by atomic mass is 9.89. The van der Waals surface area contributed by atoms with Gasteiger partial charge < -0.3 is 9.47 Å². The molecule has 0 saturated heterocycles. The Morgan fingerprint density at radius 1 is 1.21 bits per heavy atom. The number of fused-ring (bicyclic) bond motifs is 1. The Bertz CT molecular complexity index is 1060. The van der Waals surface area contributed by atoms with Crippen LogP contribution in [0.2, 0.25) is 0 Å².